The number of rotatable bonds is 6. The van der Waals surface area contributed by atoms with Gasteiger partial charge in [0.2, 0.25) is 0 Å². The molecule has 0 saturated carbocycles. The molecule has 9 heteroatoms. The van der Waals surface area contributed by atoms with E-state index in [9.17, 15) is 9.59 Å². The van der Waals surface area contributed by atoms with Gasteiger partial charge in [0.1, 0.15) is 0 Å². The third-order valence-corrected chi connectivity index (χ3v) is 17.0. The molecule has 2 N–H and O–H groups in total. The molecule has 0 bridgehead atoms. The van der Waals surface area contributed by atoms with Gasteiger partial charge in [-0.15, -0.1) is 0 Å². The molecule has 1 aromatic carbocycles. The summed E-state index contributed by atoms with van der Waals surface area (Å²) in [6.07, 6.45) is 1.45. The summed E-state index contributed by atoms with van der Waals surface area (Å²) in [6.45, 7) is 0.216. The van der Waals surface area contributed by atoms with Crippen molar-refractivity contribution >= 4 is 77.4 Å². The number of amides is 2. The summed E-state index contributed by atoms with van der Waals surface area (Å²) >= 11 is 9.67. The SMILES string of the molecule is O=C(CCNC(=O)C(Cl)Cl)Nc1ccccc1[As]1SCCCS1. The zero-order valence-electron chi connectivity index (χ0n) is 12.3. The number of carbonyl (C=O) groups is 2. The Labute approximate surface area is 157 Å². The van der Waals surface area contributed by atoms with Crippen LogP contribution in [0, 0.1) is 0 Å². The van der Waals surface area contributed by atoms with Gasteiger partial charge in [-0.05, 0) is 0 Å². The molecule has 1 aliphatic heterocycles. The van der Waals surface area contributed by atoms with Gasteiger partial charge in [-0.2, -0.15) is 0 Å². The van der Waals surface area contributed by atoms with E-state index in [4.69, 9.17) is 23.2 Å². The Bertz CT molecular complexity index is 557. The average molecular weight is 455 g/mol. The van der Waals surface area contributed by atoms with Crippen molar-refractivity contribution in [2.24, 2.45) is 0 Å². The number of para-hydroxylation sites is 1. The molecule has 1 aliphatic rings. The predicted molar refractivity (Wildman–Crippen MR) is 103 cm³/mol. The van der Waals surface area contributed by atoms with Crippen LogP contribution in [0.4, 0.5) is 5.69 Å². The van der Waals surface area contributed by atoms with Gasteiger partial charge in [0.05, 0.1) is 0 Å². The average Bonchev–Trinajstić information content (AvgIpc) is 2.56. The van der Waals surface area contributed by atoms with Crippen molar-refractivity contribution in [3.8, 4) is 0 Å². The summed E-state index contributed by atoms with van der Waals surface area (Å²) in [5, 5.41) is 5.48. The Balaban J connectivity index is 1.89. The molecular weight excluding hydrogens is 438 g/mol. The Morgan fingerprint density at radius 1 is 1.22 bits per heavy atom. The van der Waals surface area contributed by atoms with Crippen molar-refractivity contribution < 1.29 is 9.59 Å². The van der Waals surface area contributed by atoms with E-state index in [1.807, 2.05) is 18.2 Å². The molecule has 1 heterocycles. The van der Waals surface area contributed by atoms with Gasteiger partial charge in [-0.1, -0.05) is 0 Å². The monoisotopic (exact) mass is 454 g/mol. The molecule has 2 rings (SSSR count). The first kappa shape index (κ1) is 19.3. The van der Waals surface area contributed by atoms with E-state index in [-0.39, 0.29) is 18.9 Å². The first-order valence-electron chi connectivity index (χ1n) is 7.08. The molecule has 0 atom stereocenters. The van der Waals surface area contributed by atoms with E-state index in [1.165, 1.54) is 22.3 Å². The minimum atomic E-state index is -1.20. The number of anilines is 1. The van der Waals surface area contributed by atoms with E-state index in [1.54, 1.807) is 0 Å². The van der Waals surface area contributed by atoms with Gasteiger partial charge in [0.25, 0.3) is 0 Å². The number of nitrogens with one attached hydrogen (secondary N) is 2. The third-order valence-electron chi connectivity index (χ3n) is 2.93. The van der Waals surface area contributed by atoms with Crippen molar-refractivity contribution in [1.82, 2.24) is 5.32 Å². The van der Waals surface area contributed by atoms with Crippen molar-refractivity contribution in [2.75, 3.05) is 23.4 Å². The Morgan fingerprint density at radius 3 is 2.61 bits per heavy atom. The number of benzene rings is 1. The number of alkyl halides is 2. The van der Waals surface area contributed by atoms with E-state index >= 15 is 0 Å². The maximum absolute atomic E-state index is 12.1. The van der Waals surface area contributed by atoms with Crippen molar-refractivity contribution in [3.63, 3.8) is 0 Å². The zero-order valence-corrected chi connectivity index (χ0v) is 17.3. The minimum absolute atomic E-state index is 0.126. The summed E-state index contributed by atoms with van der Waals surface area (Å²) in [4.78, 5) is 22.2. The fourth-order valence-electron chi connectivity index (χ4n) is 1.86. The summed E-state index contributed by atoms with van der Waals surface area (Å²) in [5.74, 6) is 1.81. The molecule has 0 unspecified atom stereocenters. The molecule has 126 valence electrons. The second-order valence-corrected chi connectivity index (χ2v) is 17.4. The van der Waals surface area contributed by atoms with Crippen LogP contribution < -0.4 is 15.0 Å². The summed E-state index contributed by atoms with van der Waals surface area (Å²) in [6, 6.07) is 8.02. The fourth-order valence-corrected chi connectivity index (χ4v) is 15.6. The summed E-state index contributed by atoms with van der Waals surface area (Å²) < 4.78 is 1.29. The second-order valence-electron chi connectivity index (χ2n) is 4.68. The predicted octanol–water partition coefficient (Wildman–Crippen LogP) is 2.50. The Hall–Kier alpha value is -0.00156. The third kappa shape index (κ3) is 6.43. The molecule has 1 fully saturated rings. The first-order chi connectivity index (χ1) is 11.1. The summed E-state index contributed by atoms with van der Waals surface area (Å²) in [7, 11) is 4.11. The van der Waals surface area contributed by atoms with Crippen LogP contribution in [0.5, 0.6) is 0 Å². The quantitative estimate of drug-likeness (QED) is 0.512. The molecule has 0 radical (unpaired) electrons. The van der Waals surface area contributed by atoms with Gasteiger partial charge in [-0.25, -0.2) is 0 Å². The van der Waals surface area contributed by atoms with Crippen molar-refractivity contribution in [3.05, 3.63) is 24.3 Å². The zero-order chi connectivity index (χ0) is 16.7. The van der Waals surface area contributed by atoms with Crippen molar-refractivity contribution in [2.45, 2.75) is 17.7 Å². The number of carbonyl (C=O) groups excluding carboxylic acids is 2. The number of halogens is 2. The van der Waals surface area contributed by atoms with Crippen LogP contribution >= 0.6 is 43.3 Å². The maximum atomic E-state index is 12.1. The molecule has 1 aromatic rings. The van der Waals surface area contributed by atoms with Crippen molar-refractivity contribution in [1.29, 1.82) is 0 Å². The number of hydrogen-bond donors (Lipinski definition) is 2. The van der Waals surface area contributed by atoms with Gasteiger partial charge >= 0.3 is 158 Å². The number of hydrogen-bond acceptors (Lipinski definition) is 4. The molecule has 0 aromatic heterocycles. The second kappa shape index (κ2) is 10.1. The van der Waals surface area contributed by atoms with E-state index in [0.29, 0.717) is 0 Å². The Kier molecular flexibility index (Phi) is 8.48. The molecule has 0 aliphatic carbocycles. The van der Waals surface area contributed by atoms with Crippen LogP contribution in [0.15, 0.2) is 24.3 Å². The standard InChI is InChI=1S/C14H17AsCl2N2O2S2/c16-13(17)14(21)18-7-6-12(20)19-11-5-2-1-4-10(11)15-22-8-3-9-23-15/h1-2,4-5,13H,3,6-9H2,(H,18,21)(H,19,20). The van der Waals surface area contributed by atoms with Crippen LogP contribution in [0.1, 0.15) is 12.8 Å². The van der Waals surface area contributed by atoms with Crippen LogP contribution in [-0.2, 0) is 9.59 Å². The van der Waals surface area contributed by atoms with Gasteiger partial charge in [0, 0.05) is 0 Å². The Morgan fingerprint density at radius 2 is 1.91 bits per heavy atom. The van der Waals surface area contributed by atoms with Gasteiger partial charge < -0.3 is 0 Å². The molecule has 2 amide bonds. The molecular formula is C14H17AsCl2N2O2S2. The molecule has 23 heavy (non-hydrogen) atoms. The fraction of sp³-hybridized carbons (Fsp3) is 0.429. The van der Waals surface area contributed by atoms with Crippen LogP contribution in [0.2, 0.25) is 0 Å². The van der Waals surface area contributed by atoms with Crippen LogP contribution in [0.3, 0.4) is 0 Å². The van der Waals surface area contributed by atoms with E-state index in [2.05, 4.69) is 36.7 Å². The van der Waals surface area contributed by atoms with Crippen LogP contribution in [-0.4, -0.2) is 47.0 Å². The van der Waals surface area contributed by atoms with E-state index < -0.39 is 23.1 Å². The van der Waals surface area contributed by atoms with Gasteiger partial charge in [0.15, 0.2) is 0 Å². The van der Waals surface area contributed by atoms with E-state index in [0.717, 1.165) is 5.69 Å². The first-order valence-corrected chi connectivity index (χ1v) is 15.4. The molecule has 4 nitrogen and oxygen atoms in total. The summed E-state index contributed by atoms with van der Waals surface area (Å²) in [5.41, 5.74) is 0.901. The van der Waals surface area contributed by atoms with Crippen LogP contribution in [0.25, 0.3) is 0 Å². The normalized spacial score (nSPS) is 15.4. The van der Waals surface area contributed by atoms with Gasteiger partial charge in [-0.3, -0.25) is 0 Å². The molecule has 1 saturated heterocycles. The topological polar surface area (TPSA) is 58.2 Å². The molecule has 0 spiro atoms.